The number of nitrogens with zero attached hydrogens (tertiary/aromatic N) is 2. The maximum Gasteiger partial charge on any atom is 0.329 e. The Balaban J connectivity index is 1.65. The highest BCUT2D eigenvalue weighted by molar-refractivity contribution is 6.32. The second-order valence-corrected chi connectivity index (χ2v) is 8.84. The predicted octanol–water partition coefficient (Wildman–Crippen LogP) is 5.20. The molecule has 0 spiro atoms. The number of anilines is 1. The summed E-state index contributed by atoms with van der Waals surface area (Å²) in [6, 6.07) is 8.99. The van der Waals surface area contributed by atoms with Gasteiger partial charge >= 0.3 is 6.03 Å². The third-order valence-corrected chi connectivity index (χ3v) is 6.18. The summed E-state index contributed by atoms with van der Waals surface area (Å²) in [5.41, 5.74) is 4.47. The molecule has 1 N–H and O–H groups in total. The van der Waals surface area contributed by atoms with Gasteiger partial charge in [0.15, 0.2) is 0 Å². The van der Waals surface area contributed by atoms with E-state index >= 15 is 0 Å². The van der Waals surface area contributed by atoms with E-state index in [-0.39, 0.29) is 23.6 Å². The first kappa shape index (κ1) is 21.1. The van der Waals surface area contributed by atoms with Crippen molar-refractivity contribution in [3.63, 3.8) is 0 Å². The molecule has 2 heterocycles. The minimum atomic E-state index is -0.521. The quantitative estimate of drug-likeness (QED) is 0.528. The number of allylic oxidation sites excluding steroid dienone is 1. The number of carbonyl (C=O) groups excluding carboxylic acids is 2. The van der Waals surface area contributed by atoms with Gasteiger partial charge in [-0.3, -0.25) is 9.69 Å². The van der Waals surface area contributed by atoms with Crippen molar-refractivity contribution >= 4 is 40.9 Å². The van der Waals surface area contributed by atoms with E-state index in [9.17, 15) is 14.0 Å². The van der Waals surface area contributed by atoms with Crippen molar-refractivity contribution in [2.45, 2.75) is 32.9 Å². The number of fused-ring (bicyclic) bond motifs is 1. The summed E-state index contributed by atoms with van der Waals surface area (Å²) in [6.07, 6.45) is 3.79. The Labute approximate surface area is 185 Å². The third-order valence-electron chi connectivity index (χ3n) is 5.85. The molecular formula is C24H23ClFN3O2. The monoisotopic (exact) mass is 439 g/mol. The SMILES string of the molecule is CC1=CC(C)(C)N(C)c2cc(Cl)c(/C=C3\NC(=O)N(Cc4ccc(F)cc4)C3=O)cc21. The molecule has 0 radical (unpaired) electrons. The van der Waals surface area contributed by atoms with E-state index in [1.807, 2.05) is 26.1 Å². The van der Waals surface area contributed by atoms with Crippen LogP contribution in [0.3, 0.4) is 0 Å². The Hall–Kier alpha value is -3.12. The first-order chi connectivity index (χ1) is 14.6. The number of benzene rings is 2. The minimum absolute atomic E-state index is 0.0575. The van der Waals surface area contributed by atoms with Gasteiger partial charge < -0.3 is 10.2 Å². The predicted molar refractivity (Wildman–Crippen MR) is 121 cm³/mol. The van der Waals surface area contributed by atoms with Gasteiger partial charge in [-0.25, -0.2) is 9.18 Å². The molecule has 3 amide bonds. The lowest BCUT2D eigenvalue weighted by atomic mass is 9.88. The zero-order valence-electron chi connectivity index (χ0n) is 17.8. The maximum absolute atomic E-state index is 13.1. The van der Waals surface area contributed by atoms with Gasteiger partial charge in [0.25, 0.3) is 5.91 Å². The highest BCUT2D eigenvalue weighted by Gasteiger charge is 2.34. The normalized spacial score (nSPS) is 18.9. The van der Waals surface area contributed by atoms with Gasteiger partial charge in [0, 0.05) is 23.3 Å². The van der Waals surface area contributed by atoms with Crippen LogP contribution < -0.4 is 10.2 Å². The molecule has 0 bridgehead atoms. The number of hydrogen-bond acceptors (Lipinski definition) is 3. The highest BCUT2D eigenvalue weighted by atomic mass is 35.5. The van der Waals surface area contributed by atoms with Crippen molar-refractivity contribution < 1.29 is 14.0 Å². The average Bonchev–Trinajstić information content (AvgIpc) is 2.96. The molecular weight excluding hydrogens is 417 g/mol. The molecule has 2 aliphatic rings. The van der Waals surface area contributed by atoms with Gasteiger partial charge in [-0.05, 0) is 67.8 Å². The standard InChI is InChI=1S/C24H23ClFN3O2/c1-14-12-24(2,3)28(4)21-11-19(25)16(9-18(14)21)10-20-22(30)29(23(31)27-20)13-15-5-7-17(26)8-6-15/h5-12H,13H2,1-4H3,(H,27,31)/b20-10-. The zero-order valence-corrected chi connectivity index (χ0v) is 18.5. The molecule has 2 aliphatic heterocycles. The Bertz CT molecular complexity index is 1150. The van der Waals surface area contributed by atoms with Crippen LogP contribution in [0.5, 0.6) is 0 Å². The topological polar surface area (TPSA) is 52.7 Å². The van der Waals surface area contributed by atoms with Crippen molar-refractivity contribution in [2.75, 3.05) is 11.9 Å². The second kappa shape index (κ2) is 7.54. The molecule has 0 unspecified atom stereocenters. The minimum Gasteiger partial charge on any atom is -0.365 e. The maximum atomic E-state index is 13.1. The lowest BCUT2D eigenvalue weighted by molar-refractivity contribution is -0.123. The fourth-order valence-corrected chi connectivity index (χ4v) is 4.15. The molecule has 1 saturated heterocycles. The van der Waals surface area contributed by atoms with Gasteiger partial charge in [0.2, 0.25) is 0 Å². The van der Waals surface area contributed by atoms with Gasteiger partial charge in [-0.1, -0.05) is 29.8 Å². The van der Waals surface area contributed by atoms with Crippen LogP contribution in [-0.2, 0) is 11.3 Å². The van der Waals surface area contributed by atoms with Crippen LogP contribution >= 0.6 is 11.6 Å². The van der Waals surface area contributed by atoms with Crippen LogP contribution in [0.4, 0.5) is 14.9 Å². The van der Waals surface area contributed by atoms with Crippen molar-refractivity contribution in [1.29, 1.82) is 0 Å². The van der Waals surface area contributed by atoms with Crippen LogP contribution in [0, 0.1) is 5.82 Å². The van der Waals surface area contributed by atoms with Crippen LogP contribution in [-0.4, -0.2) is 29.4 Å². The lowest BCUT2D eigenvalue weighted by Crippen LogP contribution is -2.42. The fourth-order valence-electron chi connectivity index (χ4n) is 3.94. The lowest BCUT2D eigenvalue weighted by Gasteiger charge is -2.40. The van der Waals surface area contributed by atoms with E-state index in [1.165, 1.54) is 12.1 Å². The summed E-state index contributed by atoms with van der Waals surface area (Å²) in [7, 11) is 2.02. The smallest absolute Gasteiger partial charge is 0.329 e. The van der Waals surface area contributed by atoms with Gasteiger partial charge in [-0.2, -0.15) is 0 Å². The van der Waals surface area contributed by atoms with Gasteiger partial charge in [-0.15, -0.1) is 0 Å². The van der Waals surface area contributed by atoms with E-state index < -0.39 is 11.9 Å². The molecule has 7 heteroatoms. The molecule has 0 atom stereocenters. The number of hydrogen-bond donors (Lipinski definition) is 1. The first-order valence-corrected chi connectivity index (χ1v) is 10.3. The Morgan fingerprint density at radius 2 is 1.84 bits per heavy atom. The number of amides is 3. The molecule has 2 aromatic rings. The number of rotatable bonds is 3. The summed E-state index contributed by atoms with van der Waals surface area (Å²) < 4.78 is 13.1. The van der Waals surface area contributed by atoms with Crippen molar-refractivity contribution in [2.24, 2.45) is 0 Å². The highest BCUT2D eigenvalue weighted by Crippen LogP contribution is 2.41. The number of urea groups is 1. The first-order valence-electron chi connectivity index (χ1n) is 9.93. The molecule has 160 valence electrons. The number of carbonyl (C=O) groups is 2. The molecule has 2 aromatic carbocycles. The molecule has 0 saturated carbocycles. The molecule has 5 nitrogen and oxygen atoms in total. The summed E-state index contributed by atoms with van der Waals surface area (Å²) >= 11 is 6.55. The van der Waals surface area contributed by atoms with Crippen LogP contribution in [0.25, 0.3) is 11.6 Å². The Morgan fingerprint density at radius 3 is 2.52 bits per heavy atom. The largest absolute Gasteiger partial charge is 0.365 e. The second-order valence-electron chi connectivity index (χ2n) is 8.44. The van der Waals surface area contributed by atoms with Crippen molar-refractivity contribution in [3.8, 4) is 0 Å². The average molecular weight is 440 g/mol. The summed E-state index contributed by atoms with van der Waals surface area (Å²) in [6.45, 7) is 6.37. The Morgan fingerprint density at radius 1 is 1.16 bits per heavy atom. The van der Waals surface area contributed by atoms with Gasteiger partial charge in [0.05, 0.1) is 12.1 Å². The molecule has 4 rings (SSSR count). The van der Waals surface area contributed by atoms with Crippen LogP contribution in [0.2, 0.25) is 5.02 Å². The third kappa shape index (κ3) is 3.83. The van der Waals surface area contributed by atoms with Crippen LogP contribution in [0.1, 0.15) is 37.5 Å². The van der Waals surface area contributed by atoms with Crippen molar-refractivity contribution in [3.05, 3.63) is 75.7 Å². The molecule has 1 fully saturated rings. The molecule has 0 aliphatic carbocycles. The Kier molecular flexibility index (Phi) is 5.13. The van der Waals surface area contributed by atoms with Crippen LogP contribution in [0.15, 0.2) is 48.2 Å². The summed E-state index contributed by atoms with van der Waals surface area (Å²) in [4.78, 5) is 28.4. The summed E-state index contributed by atoms with van der Waals surface area (Å²) in [5, 5.41) is 3.10. The van der Waals surface area contributed by atoms with E-state index in [4.69, 9.17) is 11.6 Å². The number of nitrogens with one attached hydrogen (secondary N) is 1. The fraction of sp³-hybridized carbons (Fsp3) is 0.250. The van der Waals surface area contributed by atoms with Crippen molar-refractivity contribution in [1.82, 2.24) is 10.2 Å². The van der Waals surface area contributed by atoms with E-state index in [2.05, 4.69) is 30.1 Å². The number of likely N-dealkylation sites (N-methyl/N-ethyl adjacent to an activating group) is 1. The molecule has 0 aromatic heterocycles. The van der Waals surface area contributed by atoms with E-state index in [0.29, 0.717) is 16.1 Å². The van der Waals surface area contributed by atoms with E-state index in [0.717, 1.165) is 21.7 Å². The number of imide groups is 1. The molecule has 31 heavy (non-hydrogen) atoms. The van der Waals surface area contributed by atoms with Gasteiger partial charge in [0.1, 0.15) is 11.5 Å². The summed E-state index contributed by atoms with van der Waals surface area (Å²) in [5.74, 6) is -0.824. The zero-order chi connectivity index (χ0) is 22.5. The number of halogens is 2. The van der Waals surface area contributed by atoms with E-state index in [1.54, 1.807) is 18.2 Å².